The number of thiazole rings is 1. The minimum atomic E-state index is -0.00422. The summed E-state index contributed by atoms with van der Waals surface area (Å²) >= 11 is 1.51. The van der Waals surface area contributed by atoms with Gasteiger partial charge in [-0.05, 0) is 38.3 Å². The van der Waals surface area contributed by atoms with Gasteiger partial charge in [0.05, 0.1) is 18.7 Å². The van der Waals surface area contributed by atoms with Gasteiger partial charge in [-0.25, -0.2) is 4.98 Å². The van der Waals surface area contributed by atoms with E-state index in [2.05, 4.69) is 20.5 Å². The van der Waals surface area contributed by atoms with E-state index in [4.69, 9.17) is 4.74 Å². The lowest BCUT2D eigenvalue weighted by Crippen LogP contribution is -2.47. The molecule has 0 saturated carbocycles. The second kappa shape index (κ2) is 11.8. The van der Waals surface area contributed by atoms with Crippen molar-refractivity contribution in [1.82, 2.24) is 20.5 Å². The van der Waals surface area contributed by atoms with Crippen LogP contribution in [0.5, 0.6) is 5.75 Å². The van der Waals surface area contributed by atoms with Gasteiger partial charge < -0.3 is 15.4 Å². The van der Waals surface area contributed by atoms with E-state index in [1.807, 2.05) is 43.5 Å². The fourth-order valence-corrected chi connectivity index (χ4v) is 4.18. The van der Waals surface area contributed by atoms with Gasteiger partial charge in [-0.1, -0.05) is 24.6 Å². The molecule has 2 heterocycles. The number of amides is 2. The Labute approximate surface area is 188 Å². The molecule has 0 atom stereocenters. The molecule has 0 unspecified atom stereocenters. The Bertz CT molecular complexity index is 845. The predicted octanol–water partition coefficient (Wildman–Crippen LogP) is 2.68. The van der Waals surface area contributed by atoms with Crippen LogP contribution < -0.4 is 15.4 Å². The molecule has 8 heteroatoms. The number of nitrogens with zero attached hydrogens (tertiary/aromatic N) is 2. The van der Waals surface area contributed by atoms with Gasteiger partial charge in [-0.2, -0.15) is 0 Å². The van der Waals surface area contributed by atoms with Crippen molar-refractivity contribution in [2.75, 3.05) is 26.2 Å². The normalized spacial score (nSPS) is 14.9. The Balaban J connectivity index is 1.35. The number of hydrogen-bond acceptors (Lipinski definition) is 6. The first-order valence-electron chi connectivity index (χ1n) is 10.9. The molecule has 0 aliphatic carbocycles. The maximum atomic E-state index is 12.4. The van der Waals surface area contributed by atoms with Crippen molar-refractivity contribution >= 4 is 23.2 Å². The van der Waals surface area contributed by atoms with Crippen molar-refractivity contribution < 1.29 is 14.3 Å². The molecule has 168 valence electrons. The molecule has 1 aromatic carbocycles. The number of likely N-dealkylation sites (tertiary alicyclic amines) is 1. The smallest absolute Gasteiger partial charge is 0.234 e. The molecule has 1 aliphatic rings. The number of benzene rings is 1. The van der Waals surface area contributed by atoms with Crippen LogP contribution in [0.4, 0.5) is 0 Å². The molecule has 0 spiro atoms. The molecule has 7 nitrogen and oxygen atoms in total. The second-order valence-electron chi connectivity index (χ2n) is 7.98. The van der Waals surface area contributed by atoms with Gasteiger partial charge in [0, 0.05) is 31.1 Å². The number of rotatable bonds is 10. The molecule has 0 bridgehead atoms. The Morgan fingerprint density at radius 2 is 1.94 bits per heavy atom. The number of aromatic nitrogens is 1. The molecule has 2 N–H and O–H groups in total. The van der Waals surface area contributed by atoms with Crippen molar-refractivity contribution in [2.24, 2.45) is 0 Å². The zero-order valence-electron chi connectivity index (χ0n) is 18.4. The number of hydrogen-bond donors (Lipinski definition) is 2. The highest BCUT2D eigenvalue weighted by Gasteiger charge is 2.22. The third-order valence-corrected chi connectivity index (χ3v) is 6.09. The first kappa shape index (κ1) is 23.2. The molecule has 1 fully saturated rings. The average Bonchev–Trinajstić information content (AvgIpc) is 3.20. The van der Waals surface area contributed by atoms with E-state index in [1.54, 1.807) is 0 Å². The number of nitrogens with one attached hydrogen (secondary N) is 2. The number of ether oxygens (including phenoxy) is 1. The molecular weight excluding hydrogens is 412 g/mol. The topological polar surface area (TPSA) is 83.6 Å². The van der Waals surface area contributed by atoms with Crippen molar-refractivity contribution in [3.63, 3.8) is 0 Å². The van der Waals surface area contributed by atoms with Crippen molar-refractivity contribution in [2.45, 2.75) is 52.2 Å². The van der Waals surface area contributed by atoms with Gasteiger partial charge in [0.1, 0.15) is 17.4 Å². The highest BCUT2D eigenvalue weighted by atomic mass is 32.1. The molecule has 1 aromatic heterocycles. The van der Waals surface area contributed by atoms with E-state index < -0.39 is 0 Å². The Kier molecular flexibility index (Phi) is 8.85. The quantitative estimate of drug-likeness (QED) is 0.589. The average molecular weight is 445 g/mol. The van der Waals surface area contributed by atoms with Gasteiger partial charge in [0.25, 0.3) is 0 Å². The predicted molar refractivity (Wildman–Crippen MR) is 122 cm³/mol. The summed E-state index contributed by atoms with van der Waals surface area (Å²) in [6.07, 6.45) is 2.94. The van der Waals surface area contributed by atoms with Gasteiger partial charge in [-0.15, -0.1) is 11.3 Å². The Hall–Kier alpha value is -2.45. The monoisotopic (exact) mass is 444 g/mol. The molecule has 1 saturated heterocycles. The number of aryl methyl sites for hydroxylation is 1. The lowest BCUT2D eigenvalue weighted by molar-refractivity contribution is -0.124. The van der Waals surface area contributed by atoms with Gasteiger partial charge >= 0.3 is 0 Å². The fourth-order valence-electron chi connectivity index (χ4n) is 3.48. The number of piperidine rings is 1. The molecular formula is C23H32N4O3S. The van der Waals surface area contributed by atoms with Gasteiger partial charge in [0.2, 0.25) is 11.8 Å². The van der Waals surface area contributed by atoms with Crippen LogP contribution in [0.3, 0.4) is 0 Å². The highest BCUT2D eigenvalue weighted by Crippen LogP contribution is 2.17. The van der Waals surface area contributed by atoms with E-state index in [-0.39, 0.29) is 24.3 Å². The second-order valence-corrected chi connectivity index (χ2v) is 8.92. The Morgan fingerprint density at radius 1 is 1.19 bits per heavy atom. The summed E-state index contributed by atoms with van der Waals surface area (Å²) in [6.45, 7) is 7.29. The molecule has 2 aromatic rings. The van der Waals surface area contributed by atoms with Crippen LogP contribution in [0, 0.1) is 6.92 Å². The number of carbonyl (C=O) groups is 2. The lowest BCUT2D eigenvalue weighted by atomic mass is 10.0. The molecule has 2 amide bonds. The summed E-state index contributed by atoms with van der Waals surface area (Å²) in [6, 6.07) is 8.07. The minimum absolute atomic E-state index is 0.00422. The zero-order chi connectivity index (χ0) is 22.1. The molecule has 3 rings (SSSR count). The van der Waals surface area contributed by atoms with Crippen LogP contribution in [0.2, 0.25) is 0 Å². The van der Waals surface area contributed by atoms with Crippen LogP contribution in [0.15, 0.2) is 29.6 Å². The Morgan fingerprint density at radius 3 is 2.65 bits per heavy atom. The van der Waals surface area contributed by atoms with Crippen LogP contribution in [-0.2, 0) is 22.6 Å². The van der Waals surface area contributed by atoms with Crippen LogP contribution in [-0.4, -0.2) is 53.9 Å². The number of carbonyl (C=O) groups excluding carboxylic acids is 2. The molecule has 1 aliphatic heterocycles. The SMILES string of the molecule is CCCNC(=O)CN1CCC(NC(=O)Cc2csc(COc3ccc(C)cc3)n2)CC1. The summed E-state index contributed by atoms with van der Waals surface area (Å²) in [7, 11) is 0. The zero-order valence-corrected chi connectivity index (χ0v) is 19.2. The minimum Gasteiger partial charge on any atom is -0.486 e. The van der Waals surface area contributed by atoms with Gasteiger partial charge in [0.15, 0.2) is 0 Å². The lowest BCUT2D eigenvalue weighted by Gasteiger charge is -2.31. The standard InChI is InChI=1S/C23H32N4O3S/c1-3-10-24-22(29)14-27-11-8-18(9-12-27)25-21(28)13-19-16-31-23(26-19)15-30-20-6-4-17(2)5-7-20/h4-7,16,18H,3,8-15H2,1-2H3,(H,24,29)(H,25,28). The van der Waals surface area contributed by atoms with Crippen molar-refractivity contribution in [1.29, 1.82) is 0 Å². The van der Waals surface area contributed by atoms with Crippen molar-refractivity contribution in [3.8, 4) is 5.75 Å². The van der Waals surface area contributed by atoms with E-state index in [0.717, 1.165) is 55.3 Å². The van der Waals surface area contributed by atoms with E-state index in [9.17, 15) is 9.59 Å². The van der Waals surface area contributed by atoms with Crippen LogP contribution in [0.1, 0.15) is 42.5 Å². The summed E-state index contributed by atoms with van der Waals surface area (Å²) in [5.41, 5.74) is 1.97. The van der Waals surface area contributed by atoms with E-state index >= 15 is 0 Å². The maximum absolute atomic E-state index is 12.4. The first-order chi connectivity index (χ1) is 15.0. The first-order valence-corrected chi connectivity index (χ1v) is 11.8. The fraction of sp³-hybridized carbons (Fsp3) is 0.522. The summed E-state index contributed by atoms with van der Waals surface area (Å²) in [5.74, 6) is 0.889. The third kappa shape index (κ3) is 7.95. The third-order valence-electron chi connectivity index (χ3n) is 5.22. The largest absolute Gasteiger partial charge is 0.486 e. The van der Waals surface area contributed by atoms with Gasteiger partial charge in [-0.3, -0.25) is 14.5 Å². The van der Waals surface area contributed by atoms with Crippen LogP contribution in [0.25, 0.3) is 0 Å². The molecule has 0 radical (unpaired) electrons. The van der Waals surface area contributed by atoms with Crippen LogP contribution >= 0.6 is 11.3 Å². The molecule has 31 heavy (non-hydrogen) atoms. The summed E-state index contributed by atoms with van der Waals surface area (Å²) in [5, 5.41) is 8.80. The maximum Gasteiger partial charge on any atom is 0.234 e. The highest BCUT2D eigenvalue weighted by molar-refractivity contribution is 7.09. The van der Waals surface area contributed by atoms with Crippen molar-refractivity contribution in [3.05, 3.63) is 45.9 Å². The summed E-state index contributed by atoms with van der Waals surface area (Å²) in [4.78, 5) is 30.9. The summed E-state index contributed by atoms with van der Waals surface area (Å²) < 4.78 is 5.76. The van der Waals surface area contributed by atoms with E-state index in [0.29, 0.717) is 13.2 Å². The van der Waals surface area contributed by atoms with E-state index in [1.165, 1.54) is 16.9 Å².